The van der Waals surface area contributed by atoms with Crippen molar-refractivity contribution < 1.29 is 22.7 Å². The number of amides is 2. The molecule has 0 saturated carbocycles. The molecule has 0 fully saturated rings. The largest absolute Gasteiger partial charge is 0.494 e. The standard InChI is InChI=1S/C35H37Cl2N3O5S/c1-4-45-28-18-20-29(21-19-28)46(43,44)40(27-14-9-6-10-15-27)24-34(41)39(23-30-31(36)16-11-17-32(30)37)33(35(42)38-25(2)3)22-26-12-7-5-8-13-26/h5-21,25,33H,4,22-24H2,1-3H3,(H,38,42)/t33-/m0/s1. The minimum absolute atomic E-state index is 0.0216. The molecule has 11 heteroatoms. The summed E-state index contributed by atoms with van der Waals surface area (Å²) in [5, 5.41) is 3.56. The molecule has 4 rings (SSSR count). The predicted octanol–water partition coefficient (Wildman–Crippen LogP) is 6.75. The molecule has 0 saturated heterocycles. The highest BCUT2D eigenvalue weighted by molar-refractivity contribution is 7.92. The zero-order valence-electron chi connectivity index (χ0n) is 25.9. The Morgan fingerprint density at radius 1 is 0.826 bits per heavy atom. The fourth-order valence-electron chi connectivity index (χ4n) is 4.91. The van der Waals surface area contributed by atoms with Gasteiger partial charge in [-0.15, -0.1) is 0 Å². The van der Waals surface area contributed by atoms with Crippen molar-refractivity contribution in [1.82, 2.24) is 10.2 Å². The lowest BCUT2D eigenvalue weighted by Crippen LogP contribution is -2.54. The number of halogens is 2. The van der Waals surface area contributed by atoms with E-state index in [1.54, 1.807) is 60.7 Å². The van der Waals surface area contributed by atoms with Gasteiger partial charge in [0.1, 0.15) is 18.3 Å². The minimum Gasteiger partial charge on any atom is -0.494 e. The second-order valence-corrected chi connectivity index (χ2v) is 13.5. The molecule has 0 aliphatic heterocycles. The number of para-hydroxylation sites is 1. The Bertz CT molecular complexity index is 1700. The molecule has 0 radical (unpaired) electrons. The maximum absolute atomic E-state index is 14.5. The molecule has 0 spiro atoms. The fraction of sp³-hybridized carbons (Fsp3) is 0.257. The molecular weight excluding hydrogens is 645 g/mol. The van der Waals surface area contributed by atoms with E-state index >= 15 is 0 Å². The van der Waals surface area contributed by atoms with Crippen LogP contribution in [0.3, 0.4) is 0 Å². The van der Waals surface area contributed by atoms with Gasteiger partial charge in [0, 0.05) is 34.6 Å². The highest BCUT2D eigenvalue weighted by Gasteiger charge is 2.35. The highest BCUT2D eigenvalue weighted by Crippen LogP contribution is 2.29. The fourth-order valence-corrected chi connectivity index (χ4v) is 6.84. The number of nitrogens with one attached hydrogen (secondary N) is 1. The number of sulfonamides is 1. The van der Waals surface area contributed by atoms with Crippen molar-refractivity contribution in [3.8, 4) is 5.75 Å². The maximum Gasteiger partial charge on any atom is 0.264 e. The summed E-state index contributed by atoms with van der Waals surface area (Å²) in [5.74, 6) is -0.489. The minimum atomic E-state index is -4.25. The lowest BCUT2D eigenvalue weighted by Gasteiger charge is -2.34. The van der Waals surface area contributed by atoms with Gasteiger partial charge >= 0.3 is 0 Å². The summed E-state index contributed by atoms with van der Waals surface area (Å²) in [7, 11) is -4.25. The van der Waals surface area contributed by atoms with Crippen LogP contribution in [-0.4, -0.2) is 50.4 Å². The molecule has 0 heterocycles. The van der Waals surface area contributed by atoms with Crippen molar-refractivity contribution in [3.05, 3.63) is 124 Å². The van der Waals surface area contributed by atoms with Crippen LogP contribution in [0.15, 0.2) is 108 Å². The third kappa shape index (κ3) is 8.81. The Labute approximate surface area is 280 Å². The van der Waals surface area contributed by atoms with Gasteiger partial charge in [0.25, 0.3) is 10.0 Å². The van der Waals surface area contributed by atoms with Gasteiger partial charge in [0.05, 0.1) is 17.2 Å². The zero-order valence-corrected chi connectivity index (χ0v) is 28.2. The van der Waals surface area contributed by atoms with Gasteiger partial charge in [-0.25, -0.2) is 8.42 Å². The van der Waals surface area contributed by atoms with Gasteiger partial charge in [-0.3, -0.25) is 13.9 Å². The highest BCUT2D eigenvalue weighted by atomic mass is 35.5. The average Bonchev–Trinajstić information content (AvgIpc) is 3.03. The number of rotatable bonds is 14. The van der Waals surface area contributed by atoms with E-state index in [0.717, 1.165) is 9.87 Å². The van der Waals surface area contributed by atoms with Crippen molar-refractivity contribution in [2.24, 2.45) is 0 Å². The molecule has 0 unspecified atom stereocenters. The number of carbonyl (C=O) groups is 2. The van der Waals surface area contributed by atoms with Gasteiger partial charge in [-0.1, -0.05) is 77.8 Å². The number of ether oxygens (including phenoxy) is 1. The Morgan fingerprint density at radius 3 is 1.98 bits per heavy atom. The topological polar surface area (TPSA) is 96.0 Å². The Morgan fingerprint density at radius 2 is 1.41 bits per heavy atom. The maximum atomic E-state index is 14.5. The number of hydrogen-bond donors (Lipinski definition) is 1. The van der Waals surface area contributed by atoms with Crippen LogP contribution in [0.2, 0.25) is 10.0 Å². The lowest BCUT2D eigenvalue weighted by atomic mass is 10.0. The summed E-state index contributed by atoms with van der Waals surface area (Å²) < 4.78 is 34.9. The van der Waals surface area contributed by atoms with Crippen LogP contribution >= 0.6 is 23.2 Å². The van der Waals surface area contributed by atoms with E-state index in [-0.39, 0.29) is 29.6 Å². The smallest absolute Gasteiger partial charge is 0.264 e. The first-order chi connectivity index (χ1) is 22.0. The van der Waals surface area contributed by atoms with Crippen molar-refractivity contribution in [2.45, 2.75) is 50.7 Å². The van der Waals surface area contributed by atoms with Crippen LogP contribution < -0.4 is 14.4 Å². The second kappa shape index (κ2) is 16.0. The third-order valence-corrected chi connectivity index (χ3v) is 9.63. The Hall–Kier alpha value is -4.05. The molecule has 242 valence electrons. The summed E-state index contributed by atoms with van der Waals surface area (Å²) >= 11 is 13.1. The Balaban J connectivity index is 1.81. The van der Waals surface area contributed by atoms with E-state index in [2.05, 4.69) is 5.32 Å². The van der Waals surface area contributed by atoms with E-state index in [1.807, 2.05) is 51.1 Å². The molecular formula is C35H37Cl2N3O5S. The van der Waals surface area contributed by atoms with Crippen LogP contribution in [0.4, 0.5) is 5.69 Å². The van der Waals surface area contributed by atoms with Gasteiger partial charge in [-0.2, -0.15) is 0 Å². The first-order valence-corrected chi connectivity index (χ1v) is 17.1. The lowest BCUT2D eigenvalue weighted by molar-refractivity contribution is -0.140. The monoisotopic (exact) mass is 681 g/mol. The summed E-state index contributed by atoms with van der Waals surface area (Å²) in [4.78, 5) is 29.7. The molecule has 1 N–H and O–H groups in total. The van der Waals surface area contributed by atoms with E-state index in [9.17, 15) is 18.0 Å². The number of hydrogen-bond acceptors (Lipinski definition) is 5. The van der Waals surface area contributed by atoms with Crippen LogP contribution in [-0.2, 0) is 32.6 Å². The molecule has 4 aromatic rings. The molecule has 46 heavy (non-hydrogen) atoms. The molecule has 8 nitrogen and oxygen atoms in total. The van der Waals surface area contributed by atoms with Gasteiger partial charge in [-0.05, 0) is 74.9 Å². The number of anilines is 1. The van der Waals surface area contributed by atoms with Crippen molar-refractivity contribution in [1.29, 1.82) is 0 Å². The van der Waals surface area contributed by atoms with Crippen molar-refractivity contribution in [2.75, 3.05) is 17.5 Å². The van der Waals surface area contributed by atoms with Crippen LogP contribution in [0.1, 0.15) is 31.9 Å². The van der Waals surface area contributed by atoms with E-state index < -0.39 is 34.4 Å². The van der Waals surface area contributed by atoms with E-state index in [1.165, 1.54) is 17.0 Å². The number of benzene rings is 4. The van der Waals surface area contributed by atoms with Gasteiger partial charge in [0.15, 0.2) is 0 Å². The second-order valence-electron chi connectivity index (χ2n) is 10.8. The van der Waals surface area contributed by atoms with Crippen LogP contribution in [0.5, 0.6) is 5.75 Å². The summed E-state index contributed by atoms with van der Waals surface area (Å²) in [6.07, 6.45) is 0.171. The van der Waals surface area contributed by atoms with E-state index in [4.69, 9.17) is 27.9 Å². The molecule has 0 aliphatic carbocycles. The van der Waals surface area contributed by atoms with Crippen molar-refractivity contribution >= 4 is 50.7 Å². The summed E-state index contributed by atoms with van der Waals surface area (Å²) in [6, 6.07) is 27.4. The molecule has 0 bridgehead atoms. The van der Waals surface area contributed by atoms with Crippen LogP contribution in [0.25, 0.3) is 0 Å². The first-order valence-electron chi connectivity index (χ1n) is 14.9. The molecule has 4 aromatic carbocycles. The molecule has 2 amide bonds. The Kier molecular flexibility index (Phi) is 12.1. The molecule has 0 aromatic heterocycles. The number of nitrogens with zero attached hydrogens (tertiary/aromatic N) is 2. The van der Waals surface area contributed by atoms with Gasteiger partial charge in [0.2, 0.25) is 11.8 Å². The first kappa shape index (κ1) is 34.8. The molecule has 0 aliphatic rings. The van der Waals surface area contributed by atoms with Crippen LogP contribution in [0, 0.1) is 0 Å². The van der Waals surface area contributed by atoms with Gasteiger partial charge < -0.3 is 15.0 Å². The number of carbonyl (C=O) groups excluding carboxylic acids is 2. The van der Waals surface area contributed by atoms with E-state index in [0.29, 0.717) is 28.0 Å². The SMILES string of the molecule is CCOc1ccc(S(=O)(=O)N(CC(=O)N(Cc2c(Cl)cccc2Cl)[C@@H](Cc2ccccc2)C(=O)NC(C)C)c2ccccc2)cc1. The summed E-state index contributed by atoms with van der Waals surface area (Å²) in [6.45, 7) is 5.19. The zero-order chi connectivity index (χ0) is 33.3. The summed E-state index contributed by atoms with van der Waals surface area (Å²) in [5.41, 5.74) is 1.54. The average molecular weight is 683 g/mol. The quantitative estimate of drug-likeness (QED) is 0.159. The predicted molar refractivity (Wildman–Crippen MR) is 183 cm³/mol. The third-order valence-electron chi connectivity index (χ3n) is 7.14. The normalized spacial score (nSPS) is 12.0. The van der Waals surface area contributed by atoms with Crippen molar-refractivity contribution in [3.63, 3.8) is 0 Å². The molecule has 1 atom stereocenters.